The van der Waals surface area contributed by atoms with Gasteiger partial charge in [0.05, 0.1) is 6.61 Å². The molecule has 2 N–H and O–H groups in total. The Morgan fingerprint density at radius 2 is 1.97 bits per heavy atom. The monoisotopic (exact) mass is 442 g/mol. The van der Waals surface area contributed by atoms with Gasteiger partial charge in [-0.25, -0.2) is 15.0 Å². The topological polar surface area (TPSA) is 82.6 Å². The van der Waals surface area contributed by atoms with Crippen LogP contribution in [0.3, 0.4) is 0 Å². The first-order valence-electron chi connectivity index (χ1n) is 10.7. The first-order chi connectivity index (χ1) is 15.7. The number of fused-ring (bicyclic) bond motifs is 4. The first kappa shape index (κ1) is 21.0. The van der Waals surface area contributed by atoms with E-state index in [2.05, 4.69) is 42.6 Å². The molecule has 2 aliphatic heterocycles. The van der Waals surface area contributed by atoms with Gasteiger partial charge in [-0.1, -0.05) is 17.9 Å². The summed E-state index contributed by atoms with van der Waals surface area (Å²) in [6.45, 7) is 6.53. The van der Waals surface area contributed by atoms with Gasteiger partial charge >= 0.3 is 0 Å². The predicted molar refractivity (Wildman–Crippen MR) is 123 cm³/mol. The second-order valence-corrected chi connectivity index (χ2v) is 9.14. The number of rotatable bonds is 1. The van der Waals surface area contributed by atoms with Gasteiger partial charge in [0.25, 0.3) is 6.02 Å². The normalized spacial score (nSPS) is 18.7. The van der Waals surface area contributed by atoms with Gasteiger partial charge in [-0.15, -0.1) is 0 Å². The third-order valence-electron chi connectivity index (χ3n) is 5.60. The number of hydrogen-bond acceptors (Lipinski definition) is 6. The highest BCUT2D eigenvalue weighted by molar-refractivity contribution is 5.76. The highest BCUT2D eigenvalue weighted by Crippen LogP contribution is 2.52. The maximum absolute atomic E-state index is 14.4. The molecule has 1 atom stereocenters. The highest BCUT2D eigenvalue weighted by Gasteiger charge is 2.45. The summed E-state index contributed by atoms with van der Waals surface area (Å²) >= 11 is 0. The molecule has 2 aromatic heterocycles. The summed E-state index contributed by atoms with van der Waals surface area (Å²) < 4.78 is 26.0. The van der Waals surface area contributed by atoms with Crippen LogP contribution in [0.15, 0.2) is 53.8 Å². The molecule has 0 amide bonds. The van der Waals surface area contributed by atoms with E-state index in [4.69, 9.17) is 20.2 Å². The summed E-state index contributed by atoms with van der Waals surface area (Å²) in [5.74, 6) is 6.93. The van der Waals surface area contributed by atoms with Gasteiger partial charge in [0.2, 0.25) is 11.8 Å². The summed E-state index contributed by atoms with van der Waals surface area (Å²) in [5, 5.41) is 0. The Hall–Kier alpha value is -3.92. The van der Waals surface area contributed by atoms with Crippen LogP contribution < -0.4 is 10.5 Å². The molecule has 0 saturated heterocycles. The number of aromatic nitrogens is 2. The van der Waals surface area contributed by atoms with Gasteiger partial charge in [-0.2, -0.15) is 4.39 Å². The second-order valence-electron chi connectivity index (χ2n) is 9.14. The lowest BCUT2D eigenvalue weighted by Crippen LogP contribution is -2.38. The number of pyridine rings is 2. The Labute approximate surface area is 191 Å². The number of benzene rings is 1. The largest absolute Gasteiger partial charge is 0.465 e. The average molecular weight is 442 g/mol. The van der Waals surface area contributed by atoms with Crippen LogP contribution in [0, 0.1) is 23.2 Å². The molecule has 0 radical (unpaired) electrons. The van der Waals surface area contributed by atoms with Crippen LogP contribution in [-0.2, 0) is 10.3 Å². The molecule has 4 heterocycles. The van der Waals surface area contributed by atoms with Gasteiger partial charge in [-0.3, -0.25) is 0 Å². The number of amidine groups is 1. The zero-order valence-corrected chi connectivity index (χ0v) is 18.6. The van der Waals surface area contributed by atoms with E-state index >= 15 is 0 Å². The van der Waals surface area contributed by atoms with Crippen molar-refractivity contribution in [2.24, 2.45) is 16.1 Å². The van der Waals surface area contributed by atoms with Crippen LogP contribution in [0.25, 0.3) is 11.1 Å². The van der Waals surface area contributed by atoms with Gasteiger partial charge in [0.15, 0.2) is 0 Å². The van der Waals surface area contributed by atoms with Crippen molar-refractivity contribution in [3.05, 3.63) is 71.4 Å². The van der Waals surface area contributed by atoms with E-state index in [-0.39, 0.29) is 11.4 Å². The van der Waals surface area contributed by atoms with Crippen molar-refractivity contribution in [2.45, 2.75) is 32.7 Å². The molecule has 166 valence electrons. The van der Waals surface area contributed by atoms with Crippen LogP contribution in [0.5, 0.6) is 11.6 Å². The zero-order chi connectivity index (χ0) is 23.2. The summed E-state index contributed by atoms with van der Waals surface area (Å²) in [6.07, 6.45) is 3.64. The van der Waals surface area contributed by atoms with Gasteiger partial charge in [-0.05, 0) is 56.7 Å². The molecule has 0 saturated carbocycles. The average Bonchev–Trinajstić information content (AvgIpc) is 2.78. The van der Waals surface area contributed by atoms with Crippen molar-refractivity contribution in [1.29, 1.82) is 0 Å². The van der Waals surface area contributed by atoms with Gasteiger partial charge in [0.1, 0.15) is 11.3 Å². The van der Waals surface area contributed by atoms with Crippen molar-refractivity contribution >= 4 is 6.02 Å². The van der Waals surface area contributed by atoms with Crippen molar-refractivity contribution in [3.63, 3.8) is 0 Å². The lowest BCUT2D eigenvalue weighted by Gasteiger charge is -2.38. The Bertz CT molecular complexity index is 1350. The Kier molecular flexibility index (Phi) is 4.82. The second kappa shape index (κ2) is 7.59. The summed E-state index contributed by atoms with van der Waals surface area (Å²) in [7, 11) is 0. The third-order valence-corrected chi connectivity index (χ3v) is 5.60. The quantitative estimate of drug-likeness (QED) is 0.434. The molecule has 0 unspecified atom stereocenters. The van der Waals surface area contributed by atoms with Crippen LogP contribution in [0.4, 0.5) is 4.39 Å². The fourth-order valence-corrected chi connectivity index (χ4v) is 4.09. The standard InChI is InChI=1S/C26H23FN4O2/c1-25(2,3)9-8-16-13-20-23(30-15-16)33-21-7-6-17(18-5-4-11-29-22(18)27)14-19(21)26(20)10-12-32-24(28)31-26/h4-7,11,13-15H,10,12H2,1-3H3,(H2,28,31)/t26-/m0/s1. The molecule has 2 aliphatic rings. The van der Waals surface area contributed by atoms with Crippen molar-refractivity contribution < 1.29 is 13.9 Å². The van der Waals surface area contributed by atoms with E-state index in [1.54, 1.807) is 30.5 Å². The third kappa shape index (κ3) is 3.78. The van der Waals surface area contributed by atoms with Crippen LogP contribution in [0.1, 0.15) is 43.9 Å². The van der Waals surface area contributed by atoms with E-state index in [9.17, 15) is 4.39 Å². The molecule has 0 fully saturated rings. The maximum Gasteiger partial charge on any atom is 0.283 e. The number of nitrogens with two attached hydrogens (primary N) is 1. The minimum Gasteiger partial charge on any atom is -0.465 e. The van der Waals surface area contributed by atoms with Crippen LogP contribution >= 0.6 is 0 Å². The maximum atomic E-state index is 14.4. The minimum absolute atomic E-state index is 0.0872. The number of halogens is 1. The van der Waals surface area contributed by atoms with Crippen molar-refractivity contribution in [1.82, 2.24) is 9.97 Å². The number of ether oxygens (including phenoxy) is 2. The van der Waals surface area contributed by atoms with E-state index < -0.39 is 11.5 Å². The van der Waals surface area contributed by atoms with Crippen molar-refractivity contribution in [2.75, 3.05) is 6.61 Å². The zero-order valence-electron chi connectivity index (χ0n) is 18.6. The van der Waals surface area contributed by atoms with Crippen LogP contribution in [-0.4, -0.2) is 22.6 Å². The molecular formula is C26H23FN4O2. The van der Waals surface area contributed by atoms with E-state index in [0.717, 1.165) is 16.7 Å². The van der Waals surface area contributed by atoms with E-state index in [1.165, 1.54) is 6.20 Å². The lowest BCUT2D eigenvalue weighted by atomic mass is 9.77. The molecule has 7 heteroatoms. The Morgan fingerprint density at radius 1 is 1.12 bits per heavy atom. The lowest BCUT2D eigenvalue weighted by molar-refractivity contribution is 0.218. The smallest absolute Gasteiger partial charge is 0.283 e. The molecule has 33 heavy (non-hydrogen) atoms. The molecule has 0 aliphatic carbocycles. The number of aliphatic imine (C=N–C) groups is 1. The number of hydrogen-bond donors (Lipinski definition) is 1. The molecule has 3 aromatic rings. The molecule has 1 spiro atoms. The van der Waals surface area contributed by atoms with E-state index in [1.807, 2.05) is 12.1 Å². The molecule has 5 rings (SSSR count). The predicted octanol–water partition coefficient (Wildman–Crippen LogP) is 4.76. The molecular weight excluding hydrogens is 419 g/mol. The van der Waals surface area contributed by atoms with Gasteiger partial charge < -0.3 is 15.2 Å². The molecule has 1 aromatic carbocycles. The minimum atomic E-state index is -0.883. The Morgan fingerprint density at radius 3 is 2.73 bits per heavy atom. The highest BCUT2D eigenvalue weighted by atomic mass is 19.1. The fourth-order valence-electron chi connectivity index (χ4n) is 4.09. The van der Waals surface area contributed by atoms with Crippen molar-refractivity contribution in [3.8, 4) is 34.6 Å². The first-order valence-corrected chi connectivity index (χ1v) is 10.7. The summed E-state index contributed by atoms with van der Waals surface area (Å²) in [5.41, 5.74) is 8.36. The summed E-state index contributed by atoms with van der Waals surface area (Å²) in [6, 6.07) is 10.9. The summed E-state index contributed by atoms with van der Waals surface area (Å²) in [4.78, 5) is 13.1. The number of nitrogens with zero attached hydrogens (tertiary/aromatic N) is 3. The fraction of sp³-hybridized carbons (Fsp3) is 0.269. The van der Waals surface area contributed by atoms with E-state index in [0.29, 0.717) is 35.8 Å². The van der Waals surface area contributed by atoms with Crippen LogP contribution in [0.2, 0.25) is 0 Å². The molecule has 0 bridgehead atoms. The Balaban J connectivity index is 1.72. The van der Waals surface area contributed by atoms with Gasteiger partial charge in [0, 0.05) is 46.5 Å². The molecule has 6 nitrogen and oxygen atoms in total. The SMILES string of the molecule is CC(C)(C)C#Cc1cnc2c(c1)[C@]1(CCOC(N)=N1)c1cc(-c3cccnc3F)ccc1O2.